The highest BCUT2D eigenvalue weighted by Crippen LogP contribution is 2.27. The van der Waals surface area contributed by atoms with E-state index in [-0.39, 0.29) is 11.9 Å². The van der Waals surface area contributed by atoms with Crippen molar-refractivity contribution in [3.05, 3.63) is 83.2 Å². The fourth-order valence-corrected chi connectivity index (χ4v) is 5.15. The van der Waals surface area contributed by atoms with E-state index in [2.05, 4.69) is 23.8 Å². The minimum absolute atomic E-state index is 0.102. The average molecular weight is 521 g/mol. The molecule has 1 aliphatic heterocycles. The number of aromatic hydroxyl groups is 1. The third-order valence-corrected chi connectivity index (χ3v) is 7.46. The molecular formula is C32H41FN2O3. The summed E-state index contributed by atoms with van der Waals surface area (Å²) in [5, 5.41) is 9.19. The Kier molecular flexibility index (Phi) is 9.88. The molecule has 0 radical (unpaired) electrons. The third kappa shape index (κ3) is 7.64. The van der Waals surface area contributed by atoms with Crippen LogP contribution in [-0.2, 0) is 19.4 Å². The van der Waals surface area contributed by atoms with Crippen LogP contribution in [0.15, 0.2) is 60.7 Å². The molecule has 1 heterocycles. The van der Waals surface area contributed by atoms with E-state index in [1.807, 2.05) is 42.5 Å². The van der Waals surface area contributed by atoms with Crippen molar-refractivity contribution < 1.29 is 19.0 Å². The number of phenolic OH excluding ortho intramolecular Hbond substituents is 1. The maximum Gasteiger partial charge on any atom is 0.165 e. The number of halogens is 1. The van der Waals surface area contributed by atoms with Gasteiger partial charge in [-0.15, -0.1) is 0 Å². The highest BCUT2D eigenvalue weighted by Gasteiger charge is 2.19. The quantitative estimate of drug-likeness (QED) is 0.380. The van der Waals surface area contributed by atoms with Crippen molar-refractivity contribution in [1.29, 1.82) is 0 Å². The van der Waals surface area contributed by atoms with Gasteiger partial charge in [-0.25, -0.2) is 4.39 Å². The fourth-order valence-electron chi connectivity index (χ4n) is 5.15. The van der Waals surface area contributed by atoms with Crippen LogP contribution in [0.2, 0.25) is 0 Å². The molecule has 0 bridgehead atoms. The van der Waals surface area contributed by atoms with Gasteiger partial charge >= 0.3 is 0 Å². The summed E-state index contributed by atoms with van der Waals surface area (Å²) < 4.78 is 25.8. The van der Waals surface area contributed by atoms with E-state index in [0.717, 1.165) is 55.9 Å². The molecule has 0 saturated carbocycles. The molecule has 5 rings (SSSR count). The van der Waals surface area contributed by atoms with Gasteiger partial charge in [-0.05, 0) is 106 Å². The second-order valence-corrected chi connectivity index (χ2v) is 10.3. The van der Waals surface area contributed by atoms with Crippen molar-refractivity contribution in [2.75, 3.05) is 38.7 Å². The Morgan fingerprint density at radius 2 is 1.74 bits per heavy atom. The number of benzene rings is 3. The largest absolute Gasteiger partial charge is 0.508 e. The Morgan fingerprint density at radius 1 is 0.974 bits per heavy atom. The lowest BCUT2D eigenvalue weighted by atomic mass is 9.92. The normalized spacial score (nSPS) is 15.7. The minimum atomic E-state index is -0.284. The Hall–Kier alpha value is -3.25. The lowest BCUT2D eigenvalue weighted by Crippen LogP contribution is -2.35. The van der Waals surface area contributed by atoms with Crippen LogP contribution in [0.3, 0.4) is 0 Å². The van der Waals surface area contributed by atoms with Crippen LogP contribution in [0.5, 0.6) is 17.2 Å². The van der Waals surface area contributed by atoms with E-state index < -0.39 is 0 Å². The third-order valence-electron chi connectivity index (χ3n) is 7.46. The van der Waals surface area contributed by atoms with Crippen LogP contribution in [0.25, 0.3) is 0 Å². The second kappa shape index (κ2) is 13.5. The van der Waals surface area contributed by atoms with E-state index in [4.69, 9.17) is 9.47 Å². The smallest absolute Gasteiger partial charge is 0.165 e. The monoisotopic (exact) mass is 520 g/mol. The molecule has 2 aliphatic rings. The van der Waals surface area contributed by atoms with Gasteiger partial charge in [0, 0.05) is 37.9 Å². The molecule has 6 heteroatoms. The van der Waals surface area contributed by atoms with Gasteiger partial charge in [0.25, 0.3) is 0 Å². The Bertz CT molecular complexity index is 1180. The first-order valence-corrected chi connectivity index (χ1v) is 13.8. The first kappa shape index (κ1) is 27.8. The number of piperidine rings is 1. The number of methoxy groups -OCH3 is 1. The Morgan fingerprint density at radius 3 is 2.45 bits per heavy atom. The lowest BCUT2D eigenvalue weighted by molar-refractivity contribution is 0.110. The fraction of sp³-hybridized carbons (Fsp3) is 0.438. The summed E-state index contributed by atoms with van der Waals surface area (Å²) in [5.74, 6) is 1.30. The van der Waals surface area contributed by atoms with Gasteiger partial charge in [-0.1, -0.05) is 18.2 Å². The molecular weight excluding hydrogens is 479 g/mol. The van der Waals surface area contributed by atoms with Crippen molar-refractivity contribution in [1.82, 2.24) is 4.90 Å². The zero-order chi connectivity index (χ0) is 26.9. The molecule has 204 valence electrons. The van der Waals surface area contributed by atoms with Crippen molar-refractivity contribution in [3.63, 3.8) is 0 Å². The predicted molar refractivity (Wildman–Crippen MR) is 152 cm³/mol. The van der Waals surface area contributed by atoms with Gasteiger partial charge in [0.2, 0.25) is 0 Å². The van der Waals surface area contributed by atoms with Crippen LogP contribution in [0.4, 0.5) is 10.1 Å². The zero-order valence-electron chi connectivity index (χ0n) is 23.0. The summed E-state index contributed by atoms with van der Waals surface area (Å²) in [6, 6.07) is 19.0. The van der Waals surface area contributed by atoms with Crippen LogP contribution in [0.1, 0.15) is 49.3 Å². The summed E-state index contributed by atoms with van der Waals surface area (Å²) in [6.07, 6.45) is 6.90. The number of fused-ring (bicyclic) bond motifs is 1. The van der Waals surface area contributed by atoms with E-state index in [1.165, 1.54) is 30.4 Å². The Balaban J connectivity index is 0.000000253. The number of nitrogens with zero attached hydrogens (tertiary/aromatic N) is 2. The minimum Gasteiger partial charge on any atom is -0.508 e. The number of ether oxygens (including phenoxy) is 2. The number of phenols is 1. The maximum absolute atomic E-state index is 14.6. The van der Waals surface area contributed by atoms with Crippen LogP contribution < -0.4 is 14.4 Å². The summed E-state index contributed by atoms with van der Waals surface area (Å²) in [4.78, 5) is 4.46. The van der Waals surface area contributed by atoms with Crippen LogP contribution in [0, 0.1) is 5.82 Å². The van der Waals surface area contributed by atoms with Gasteiger partial charge in [-0.2, -0.15) is 0 Å². The highest BCUT2D eigenvalue weighted by molar-refractivity contribution is 5.51. The predicted octanol–water partition coefficient (Wildman–Crippen LogP) is 6.60. The molecule has 0 spiro atoms. The summed E-state index contributed by atoms with van der Waals surface area (Å²) in [5.41, 5.74) is 4.75. The molecule has 1 saturated heterocycles. The topological polar surface area (TPSA) is 45.2 Å². The first-order valence-electron chi connectivity index (χ1n) is 13.8. The number of anilines is 1. The molecule has 0 amide bonds. The molecule has 1 N–H and O–H groups in total. The van der Waals surface area contributed by atoms with Crippen molar-refractivity contribution >= 4 is 5.69 Å². The van der Waals surface area contributed by atoms with Gasteiger partial charge in [0.1, 0.15) is 17.6 Å². The lowest BCUT2D eigenvalue weighted by Gasteiger charge is -2.29. The first-order chi connectivity index (χ1) is 18.4. The van der Waals surface area contributed by atoms with E-state index >= 15 is 0 Å². The highest BCUT2D eigenvalue weighted by atomic mass is 19.1. The summed E-state index contributed by atoms with van der Waals surface area (Å²) in [7, 11) is 3.77. The number of likely N-dealkylation sites (tertiary alicyclic amines) is 1. The SMILES string of the molecule is CCN(Cc1ccc(OC2CCN(C)CC2)c(F)c1)c1cccc(OC)c1.Oc1ccc2c(c1)CCCC2. The molecule has 1 fully saturated rings. The average Bonchev–Trinajstić information content (AvgIpc) is 2.94. The number of hydrogen-bond donors (Lipinski definition) is 1. The molecule has 5 nitrogen and oxygen atoms in total. The van der Waals surface area contributed by atoms with Crippen LogP contribution in [-0.4, -0.2) is 49.9 Å². The molecule has 1 aliphatic carbocycles. The van der Waals surface area contributed by atoms with Crippen molar-refractivity contribution in [2.24, 2.45) is 0 Å². The second-order valence-electron chi connectivity index (χ2n) is 10.3. The molecule has 3 aromatic rings. The van der Waals surface area contributed by atoms with Gasteiger partial charge < -0.3 is 24.4 Å². The Labute approximate surface area is 226 Å². The van der Waals surface area contributed by atoms with E-state index in [0.29, 0.717) is 18.0 Å². The summed E-state index contributed by atoms with van der Waals surface area (Å²) in [6.45, 7) is 5.54. The number of hydrogen-bond acceptors (Lipinski definition) is 5. The van der Waals surface area contributed by atoms with Crippen molar-refractivity contribution in [2.45, 2.75) is 58.1 Å². The van der Waals surface area contributed by atoms with Crippen LogP contribution >= 0.6 is 0 Å². The molecule has 38 heavy (non-hydrogen) atoms. The van der Waals surface area contributed by atoms with Gasteiger partial charge in [0.05, 0.1) is 7.11 Å². The van der Waals surface area contributed by atoms with E-state index in [1.54, 1.807) is 25.3 Å². The zero-order valence-corrected chi connectivity index (χ0v) is 23.0. The molecule has 0 unspecified atom stereocenters. The molecule has 0 aromatic heterocycles. The van der Waals surface area contributed by atoms with Gasteiger partial charge in [0.15, 0.2) is 11.6 Å². The number of aryl methyl sites for hydroxylation is 2. The maximum atomic E-state index is 14.6. The molecule has 0 atom stereocenters. The van der Waals surface area contributed by atoms with Gasteiger partial charge in [-0.3, -0.25) is 0 Å². The van der Waals surface area contributed by atoms with Crippen molar-refractivity contribution in [3.8, 4) is 17.2 Å². The summed E-state index contributed by atoms with van der Waals surface area (Å²) >= 11 is 0. The standard InChI is InChI=1S/C22H29FN2O2.C10H12O/c1-4-25(18-6-5-7-20(15-18)26-3)16-17-8-9-22(21(23)14-17)27-19-10-12-24(2)13-11-19;11-10-6-5-8-3-1-2-4-9(8)7-10/h5-9,14-15,19H,4,10-13,16H2,1-3H3;5-7,11H,1-4H2. The number of rotatable bonds is 7. The molecule has 3 aromatic carbocycles. The van der Waals surface area contributed by atoms with E-state index in [9.17, 15) is 9.50 Å².